The zero-order valence-electron chi connectivity index (χ0n) is 6.88. The maximum absolute atomic E-state index is 10.2. The molecule has 0 unspecified atom stereocenters. The van der Waals surface area contributed by atoms with Crippen molar-refractivity contribution in [1.82, 2.24) is 4.90 Å². The van der Waals surface area contributed by atoms with Crippen LogP contribution in [0.25, 0.3) is 0 Å². The monoisotopic (exact) mass is 156 g/mol. The van der Waals surface area contributed by atoms with Crippen LogP contribution in [0.3, 0.4) is 0 Å². The van der Waals surface area contributed by atoms with Crippen LogP contribution in [0.4, 0.5) is 0 Å². The molecule has 0 heterocycles. The van der Waals surface area contributed by atoms with E-state index in [-0.39, 0.29) is 0 Å². The summed E-state index contributed by atoms with van der Waals surface area (Å²) in [5.41, 5.74) is 0. The second kappa shape index (κ2) is 7.28. The molecule has 1 amide bonds. The molecule has 0 rings (SSSR count). The molecule has 0 saturated heterocycles. The van der Waals surface area contributed by atoms with E-state index in [2.05, 4.69) is 6.58 Å². The molecule has 3 heteroatoms. The van der Waals surface area contributed by atoms with Crippen molar-refractivity contribution < 1.29 is 9.53 Å². The minimum absolute atomic E-state index is 0.563. The minimum atomic E-state index is 0.563. The molecule has 0 bridgehead atoms. The van der Waals surface area contributed by atoms with Gasteiger partial charge in [-0.2, -0.15) is 0 Å². The van der Waals surface area contributed by atoms with Crippen LogP contribution in [-0.4, -0.2) is 38.1 Å². The van der Waals surface area contributed by atoms with E-state index in [0.717, 1.165) is 6.42 Å². The second-order valence-corrected chi connectivity index (χ2v) is 2.17. The van der Waals surface area contributed by atoms with Gasteiger partial charge in [0.1, 0.15) is 0 Å². The highest BCUT2D eigenvalue weighted by Gasteiger charge is 1.97. The zero-order valence-corrected chi connectivity index (χ0v) is 6.88. The topological polar surface area (TPSA) is 29.5 Å². The van der Waals surface area contributed by atoms with Gasteiger partial charge in [-0.05, 0) is 6.42 Å². The number of nitrogens with zero attached hydrogens (tertiary/aromatic N) is 1. The molecule has 0 atom stereocenters. The van der Waals surface area contributed by atoms with Crippen LogP contribution in [0, 0.1) is 0 Å². The standard InChI is InChI=1S/C8H14NO2/c1-3-5-9(8-10)6-4-7-11-2/h3H,1,4-7H2,2H3. The highest BCUT2D eigenvalue weighted by molar-refractivity contribution is 5.48. The Morgan fingerprint density at radius 3 is 2.91 bits per heavy atom. The van der Waals surface area contributed by atoms with Crippen LogP contribution in [-0.2, 0) is 9.53 Å². The van der Waals surface area contributed by atoms with Crippen molar-refractivity contribution in [3.8, 4) is 0 Å². The Hall–Kier alpha value is -0.830. The van der Waals surface area contributed by atoms with Gasteiger partial charge in [0.2, 0.25) is 0 Å². The summed E-state index contributed by atoms with van der Waals surface area (Å²) in [7, 11) is 1.64. The molecule has 0 aliphatic heterocycles. The summed E-state index contributed by atoms with van der Waals surface area (Å²) in [6.07, 6.45) is 4.34. The Labute approximate surface area is 67.6 Å². The number of amides is 1. The Kier molecular flexibility index (Phi) is 6.73. The second-order valence-electron chi connectivity index (χ2n) is 2.17. The van der Waals surface area contributed by atoms with Crippen molar-refractivity contribution in [2.75, 3.05) is 26.8 Å². The lowest BCUT2D eigenvalue weighted by Gasteiger charge is -2.12. The van der Waals surface area contributed by atoms with E-state index in [0.29, 0.717) is 19.7 Å². The van der Waals surface area contributed by atoms with Crippen molar-refractivity contribution in [3.63, 3.8) is 0 Å². The van der Waals surface area contributed by atoms with Gasteiger partial charge < -0.3 is 9.64 Å². The minimum Gasteiger partial charge on any atom is -0.385 e. The average molecular weight is 156 g/mol. The molecule has 1 radical (unpaired) electrons. The van der Waals surface area contributed by atoms with E-state index in [1.54, 1.807) is 13.2 Å². The summed E-state index contributed by atoms with van der Waals surface area (Å²) in [4.78, 5) is 11.7. The van der Waals surface area contributed by atoms with Crippen molar-refractivity contribution in [2.24, 2.45) is 0 Å². The van der Waals surface area contributed by atoms with E-state index in [4.69, 9.17) is 4.74 Å². The summed E-state index contributed by atoms with van der Waals surface area (Å²) in [6, 6.07) is 0. The average Bonchev–Trinajstić information content (AvgIpc) is 2.03. The van der Waals surface area contributed by atoms with Crippen LogP contribution >= 0.6 is 0 Å². The molecule has 0 N–H and O–H groups in total. The highest BCUT2D eigenvalue weighted by atomic mass is 16.5. The quantitative estimate of drug-likeness (QED) is 0.306. The molecule has 3 nitrogen and oxygen atoms in total. The van der Waals surface area contributed by atoms with Crippen molar-refractivity contribution in [2.45, 2.75) is 6.42 Å². The van der Waals surface area contributed by atoms with Gasteiger partial charge in [-0.25, -0.2) is 0 Å². The molecule has 0 aromatic carbocycles. The third-order valence-electron chi connectivity index (χ3n) is 1.26. The van der Waals surface area contributed by atoms with Gasteiger partial charge in [0.25, 0.3) is 0 Å². The smallest absolute Gasteiger partial charge is 0.312 e. The number of ether oxygens (including phenoxy) is 1. The first kappa shape index (κ1) is 10.2. The first-order valence-electron chi connectivity index (χ1n) is 3.57. The Morgan fingerprint density at radius 2 is 2.45 bits per heavy atom. The normalized spacial score (nSPS) is 9.18. The maximum atomic E-state index is 10.2. The Balaban J connectivity index is 3.35. The van der Waals surface area contributed by atoms with Crippen LogP contribution in [0.5, 0.6) is 0 Å². The molecule has 0 spiro atoms. The largest absolute Gasteiger partial charge is 0.385 e. The predicted octanol–water partition coefficient (Wildman–Crippen LogP) is 0.578. The molecule has 0 aromatic heterocycles. The van der Waals surface area contributed by atoms with Crippen LogP contribution in [0.1, 0.15) is 6.42 Å². The fraction of sp³-hybridized carbons (Fsp3) is 0.625. The molecule has 11 heavy (non-hydrogen) atoms. The molecule has 0 aliphatic carbocycles. The van der Waals surface area contributed by atoms with Gasteiger partial charge in [-0.1, -0.05) is 6.08 Å². The van der Waals surface area contributed by atoms with E-state index in [9.17, 15) is 4.79 Å². The van der Waals surface area contributed by atoms with Crippen molar-refractivity contribution in [3.05, 3.63) is 12.7 Å². The number of hydrogen-bond acceptors (Lipinski definition) is 2. The Bertz CT molecular complexity index is 115. The fourth-order valence-corrected chi connectivity index (χ4v) is 0.730. The molecule has 0 aromatic rings. The van der Waals surface area contributed by atoms with Crippen molar-refractivity contribution >= 4 is 6.41 Å². The molecule has 0 saturated carbocycles. The lowest BCUT2D eigenvalue weighted by Crippen LogP contribution is -2.23. The third-order valence-corrected chi connectivity index (χ3v) is 1.26. The van der Waals surface area contributed by atoms with Crippen LogP contribution in [0.2, 0.25) is 0 Å². The number of carbonyl (C=O) groups excluding carboxylic acids is 1. The first-order chi connectivity index (χ1) is 5.35. The van der Waals surface area contributed by atoms with E-state index < -0.39 is 0 Å². The number of hydrogen-bond donors (Lipinski definition) is 0. The third kappa shape index (κ3) is 5.61. The molecule has 0 aliphatic rings. The highest BCUT2D eigenvalue weighted by Crippen LogP contribution is 1.87. The molecule has 0 fully saturated rings. The maximum Gasteiger partial charge on any atom is 0.312 e. The van der Waals surface area contributed by atoms with Gasteiger partial charge in [-0.3, -0.25) is 4.79 Å². The molecule has 63 valence electrons. The Morgan fingerprint density at radius 1 is 1.73 bits per heavy atom. The summed E-state index contributed by atoms with van der Waals surface area (Å²) < 4.78 is 4.83. The molecular weight excluding hydrogens is 142 g/mol. The van der Waals surface area contributed by atoms with Gasteiger partial charge >= 0.3 is 6.41 Å². The van der Waals surface area contributed by atoms with Gasteiger partial charge in [-0.15, -0.1) is 6.58 Å². The number of rotatable bonds is 7. The van der Waals surface area contributed by atoms with Crippen LogP contribution in [0.15, 0.2) is 12.7 Å². The molecular formula is C8H14NO2. The van der Waals surface area contributed by atoms with E-state index in [1.807, 2.05) is 6.41 Å². The summed E-state index contributed by atoms with van der Waals surface area (Å²) in [6.45, 7) is 5.45. The zero-order chi connectivity index (χ0) is 8.53. The van der Waals surface area contributed by atoms with Gasteiger partial charge in [0, 0.05) is 26.8 Å². The summed E-state index contributed by atoms with van der Waals surface area (Å²) in [5, 5.41) is 0. The first-order valence-corrected chi connectivity index (χ1v) is 3.57. The van der Waals surface area contributed by atoms with Gasteiger partial charge in [0.05, 0.1) is 0 Å². The summed E-state index contributed by atoms with van der Waals surface area (Å²) in [5.74, 6) is 0. The SMILES string of the molecule is C=CCN([C]=O)CCCOC. The lowest BCUT2D eigenvalue weighted by atomic mass is 10.4. The lowest BCUT2D eigenvalue weighted by molar-refractivity contribution is 0.187. The summed E-state index contributed by atoms with van der Waals surface area (Å²) >= 11 is 0. The predicted molar refractivity (Wildman–Crippen MR) is 44.0 cm³/mol. The van der Waals surface area contributed by atoms with E-state index >= 15 is 0 Å². The fourth-order valence-electron chi connectivity index (χ4n) is 0.730. The van der Waals surface area contributed by atoms with E-state index in [1.165, 1.54) is 4.90 Å². The van der Waals surface area contributed by atoms with Crippen molar-refractivity contribution in [1.29, 1.82) is 0 Å². The van der Waals surface area contributed by atoms with Gasteiger partial charge in [0.15, 0.2) is 0 Å². The number of methoxy groups -OCH3 is 1. The van der Waals surface area contributed by atoms with Crippen LogP contribution < -0.4 is 0 Å².